The molecule has 1 aromatic heterocycles. The van der Waals surface area contributed by atoms with Gasteiger partial charge in [-0.2, -0.15) is 0 Å². The summed E-state index contributed by atoms with van der Waals surface area (Å²) in [4.78, 5) is 4.38. The monoisotopic (exact) mass is 223 g/mol. The van der Waals surface area contributed by atoms with E-state index in [-0.39, 0.29) is 0 Å². The van der Waals surface area contributed by atoms with E-state index in [0.717, 1.165) is 22.3 Å². The molecule has 3 rings (SSSR count). The summed E-state index contributed by atoms with van der Waals surface area (Å²) in [5.41, 5.74) is 9.96. The Kier molecular flexibility index (Phi) is 2.38. The summed E-state index contributed by atoms with van der Waals surface area (Å²) in [6.45, 7) is 0.574. The number of nitrogens with zero attached hydrogens (tertiary/aromatic N) is 2. The number of benzene rings is 2. The van der Waals surface area contributed by atoms with E-state index in [4.69, 9.17) is 5.73 Å². The van der Waals surface area contributed by atoms with E-state index in [9.17, 15) is 0 Å². The molecule has 0 radical (unpaired) electrons. The Morgan fingerprint density at radius 1 is 1.00 bits per heavy atom. The normalized spacial score (nSPS) is 10.9. The number of rotatable bonds is 2. The third-order valence-electron chi connectivity index (χ3n) is 2.90. The second kappa shape index (κ2) is 4.03. The Hall–Kier alpha value is -2.13. The minimum Gasteiger partial charge on any atom is -0.326 e. The molecule has 2 N–H and O–H groups in total. The summed E-state index contributed by atoms with van der Waals surface area (Å²) >= 11 is 0. The van der Waals surface area contributed by atoms with Gasteiger partial charge in [0.15, 0.2) is 0 Å². The molecule has 0 spiro atoms. The number of hydrogen-bond donors (Lipinski definition) is 1. The van der Waals surface area contributed by atoms with Crippen molar-refractivity contribution in [3.05, 3.63) is 60.4 Å². The maximum absolute atomic E-state index is 5.59. The van der Waals surface area contributed by atoms with Crippen molar-refractivity contribution in [1.29, 1.82) is 0 Å². The quantitative estimate of drug-likeness (QED) is 0.725. The molecule has 84 valence electrons. The van der Waals surface area contributed by atoms with E-state index < -0.39 is 0 Å². The average molecular weight is 223 g/mol. The first kappa shape index (κ1) is 10.1. The van der Waals surface area contributed by atoms with Crippen LogP contribution in [0.15, 0.2) is 54.9 Å². The van der Waals surface area contributed by atoms with Crippen molar-refractivity contribution >= 4 is 11.0 Å². The summed E-state index contributed by atoms with van der Waals surface area (Å²) in [5, 5.41) is 0. The Labute approximate surface area is 99.5 Å². The fourth-order valence-corrected chi connectivity index (χ4v) is 1.96. The first-order chi connectivity index (χ1) is 8.38. The zero-order valence-corrected chi connectivity index (χ0v) is 9.38. The number of para-hydroxylation sites is 2. The summed E-state index contributed by atoms with van der Waals surface area (Å²) in [6, 6.07) is 16.3. The minimum atomic E-state index is 0.574. The average Bonchev–Trinajstić information content (AvgIpc) is 2.83. The van der Waals surface area contributed by atoms with Crippen LogP contribution in [0.2, 0.25) is 0 Å². The van der Waals surface area contributed by atoms with Crippen LogP contribution in [0, 0.1) is 0 Å². The maximum Gasteiger partial charge on any atom is 0.100 e. The van der Waals surface area contributed by atoms with Gasteiger partial charge < -0.3 is 5.73 Å². The molecule has 17 heavy (non-hydrogen) atoms. The first-order valence-electron chi connectivity index (χ1n) is 5.60. The van der Waals surface area contributed by atoms with Crippen molar-refractivity contribution in [2.24, 2.45) is 5.73 Å². The molecule has 0 aliphatic rings. The van der Waals surface area contributed by atoms with Crippen LogP contribution in [0.3, 0.4) is 0 Å². The summed E-state index contributed by atoms with van der Waals surface area (Å²) in [5.74, 6) is 0. The van der Waals surface area contributed by atoms with Crippen LogP contribution in [0.4, 0.5) is 0 Å². The highest BCUT2D eigenvalue weighted by molar-refractivity contribution is 5.77. The summed E-state index contributed by atoms with van der Waals surface area (Å²) < 4.78 is 2.08. The van der Waals surface area contributed by atoms with Crippen LogP contribution in [0.1, 0.15) is 5.56 Å². The fraction of sp³-hybridized carbons (Fsp3) is 0.0714. The molecule has 3 nitrogen and oxygen atoms in total. The number of aromatic nitrogens is 2. The van der Waals surface area contributed by atoms with Gasteiger partial charge in [-0.1, -0.05) is 24.3 Å². The van der Waals surface area contributed by atoms with Gasteiger partial charge >= 0.3 is 0 Å². The zero-order valence-electron chi connectivity index (χ0n) is 9.38. The molecule has 0 amide bonds. The van der Waals surface area contributed by atoms with Crippen LogP contribution in [0.5, 0.6) is 0 Å². The largest absolute Gasteiger partial charge is 0.326 e. The minimum absolute atomic E-state index is 0.574. The lowest BCUT2D eigenvalue weighted by atomic mass is 10.2. The lowest BCUT2D eigenvalue weighted by Crippen LogP contribution is -1.97. The van der Waals surface area contributed by atoms with Crippen molar-refractivity contribution in [2.45, 2.75) is 6.54 Å². The molecule has 0 saturated heterocycles. The summed E-state index contributed by atoms with van der Waals surface area (Å²) in [7, 11) is 0. The Bertz CT molecular complexity index is 638. The molecular formula is C14H13N3. The van der Waals surface area contributed by atoms with E-state index in [2.05, 4.69) is 27.8 Å². The van der Waals surface area contributed by atoms with Gasteiger partial charge in [0.2, 0.25) is 0 Å². The third kappa shape index (κ3) is 1.70. The molecule has 3 aromatic rings. The van der Waals surface area contributed by atoms with Crippen molar-refractivity contribution in [1.82, 2.24) is 9.55 Å². The predicted molar refractivity (Wildman–Crippen MR) is 69.0 cm³/mol. The number of nitrogens with two attached hydrogens (primary N) is 1. The van der Waals surface area contributed by atoms with Gasteiger partial charge in [0.05, 0.1) is 11.0 Å². The van der Waals surface area contributed by atoms with E-state index in [1.54, 1.807) is 0 Å². The second-order valence-corrected chi connectivity index (χ2v) is 3.97. The molecule has 0 atom stereocenters. The van der Waals surface area contributed by atoms with Crippen molar-refractivity contribution in [3.8, 4) is 5.69 Å². The molecule has 0 fully saturated rings. The SMILES string of the molecule is NCc1ccc(-n2cnc3ccccc32)cc1. The van der Waals surface area contributed by atoms with Gasteiger partial charge in [0.25, 0.3) is 0 Å². The lowest BCUT2D eigenvalue weighted by Gasteiger charge is -2.05. The van der Waals surface area contributed by atoms with Crippen LogP contribution in [-0.2, 0) is 6.54 Å². The van der Waals surface area contributed by atoms with Crippen LogP contribution < -0.4 is 5.73 Å². The highest BCUT2D eigenvalue weighted by atomic mass is 15.0. The smallest absolute Gasteiger partial charge is 0.100 e. The zero-order chi connectivity index (χ0) is 11.7. The highest BCUT2D eigenvalue weighted by Crippen LogP contribution is 2.17. The lowest BCUT2D eigenvalue weighted by molar-refractivity contribution is 1.05. The van der Waals surface area contributed by atoms with E-state index in [0.29, 0.717) is 6.54 Å². The van der Waals surface area contributed by atoms with Crippen LogP contribution in [-0.4, -0.2) is 9.55 Å². The molecular weight excluding hydrogens is 210 g/mol. The Morgan fingerprint density at radius 3 is 2.53 bits per heavy atom. The van der Waals surface area contributed by atoms with Crippen LogP contribution >= 0.6 is 0 Å². The Morgan fingerprint density at radius 2 is 1.76 bits per heavy atom. The fourth-order valence-electron chi connectivity index (χ4n) is 1.96. The molecule has 2 aromatic carbocycles. The Balaban J connectivity index is 2.13. The molecule has 0 aliphatic carbocycles. The number of imidazole rings is 1. The van der Waals surface area contributed by atoms with Crippen molar-refractivity contribution < 1.29 is 0 Å². The maximum atomic E-state index is 5.59. The molecule has 0 saturated carbocycles. The van der Waals surface area contributed by atoms with E-state index in [1.807, 2.05) is 36.7 Å². The molecule has 0 unspecified atom stereocenters. The van der Waals surface area contributed by atoms with Gasteiger partial charge in [0.1, 0.15) is 6.33 Å². The van der Waals surface area contributed by atoms with Crippen molar-refractivity contribution in [3.63, 3.8) is 0 Å². The molecule has 0 bridgehead atoms. The first-order valence-corrected chi connectivity index (χ1v) is 5.60. The van der Waals surface area contributed by atoms with Gasteiger partial charge in [-0.25, -0.2) is 4.98 Å². The predicted octanol–water partition coefficient (Wildman–Crippen LogP) is 2.48. The topological polar surface area (TPSA) is 43.8 Å². The van der Waals surface area contributed by atoms with E-state index in [1.165, 1.54) is 0 Å². The summed E-state index contributed by atoms with van der Waals surface area (Å²) in [6.07, 6.45) is 1.85. The standard InChI is InChI=1S/C14H13N3/c15-9-11-5-7-12(8-6-11)17-10-16-13-3-1-2-4-14(13)17/h1-8,10H,9,15H2. The van der Waals surface area contributed by atoms with Gasteiger partial charge in [-0.3, -0.25) is 4.57 Å². The van der Waals surface area contributed by atoms with Gasteiger partial charge in [-0.15, -0.1) is 0 Å². The van der Waals surface area contributed by atoms with Crippen LogP contribution in [0.25, 0.3) is 16.7 Å². The highest BCUT2D eigenvalue weighted by Gasteiger charge is 2.02. The third-order valence-corrected chi connectivity index (χ3v) is 2.90. The number of hydrogen-bond acceptors (Lipinski definition) is 2. The molecule has 3 heteroatoms. The molecule has 0 aliphatic heterocycles. The van der Waals surface area contributed by atoms with Gasteiger partial charge in [0, 0.05) is 12.2 Å². The van der Waals surface area contributed by atoms with Crippen molar-refractivity contribution in [2.75, 3.05) is 0 Å². The second-order valence-electron chi connectivity index (χ2n) is 3.97. The number of fused-ring (bicyclic) bond motifs is 1. The van der Waals surface area contributed by atoms with Gasteiger partial charge in [-0.05, 0) is 29.8 Å². The molecule has 1 heterocycles. The van der Waals surface area contributed by atoms with E-state index >= 15 is 0 Å².